The van der Waals surface area contributed by atoms with Gasteiger partial charge in [-0.15, -0.1) is 0 Å². The zero-order valence-corrected chi connectivity index (χ0v) is 15.1. The summed E-state index contributed by atoms with van der Waals surface area (Å²) in [5, 5.41) is 10.5. The van der Waals surface area contributed by atoms with Crippen molar-refractivity contribution in [2.45, 2.75) is 6.42 Å². The number of nitrogens with one attached hydrogen (secondary N) is 1. The maximum atomic E-state index is 7.89. The van der Waals surface area contributed by atoms with Crippen molar-refractivity contribution in [2.24, 2.45) is 5.73 Å². The lowest BCUT2D eigenvalue weighted by Crippen LogP contribution is -2.76. The molecule has 2 aromatic rings. The minimum absolute atomic E-state index is 0.191. The third kappa shape index (κ3) is 5.60. The summed E-state index contributed by atoms with van der Waals surface area (Å²) in [4.78, 5) is 0. The van der Waals surface area contributed by atoms with E-state index in [1.165, 1.54) is 0 Å². The summed E-state index contributed by atoms with van der Waals surface area (Å²) >= 11 is 6.33. The van der Waals surface area contributed by atoms with Gasteiger partial charge < -0.3 is 20.6 Å². The average molecular weight is 361 g/mol. The van der Waals surface area contributed by atoms with E-state index in [0.717, 1.165) is 22.7 Å². The molecule has 6 heteroatoms. The van der Waals surface area contributed by atoms with E-state index in [-0.39, 0.29) is 6.54 Å². The Balaban J connectivity index is 2.23. The molecular formula is C19H23ClN3O2+. The Labute approximate surface area is 152 Å². The second-order valence-electron chi connectivity index (χ2n) is 5.51. The first kappa shape index (κ1) is 19.0. The summed E-state index contributed by atoms with van der Waals surface area (Å²) in [6.45, 7) is 0.191. The lowest BCUT2D eigenvalue weighted by Gasteiger charge is -2.09. The minimum Gasteiger partial charge on any atom is -0.497 e. The van der Waals surface area contributed by atoms with E-state index >= 15 is 0 Å². The number of benzene rings is 2. The maximum absolute atomic E-state index is 7.89. The molecule has 0 bridgehead atoms. The fourth-order valence-corrected chi connectivity index (χ4v) is 2.58. The van der Waals surface area contributed by atoms with E-state index < -0.39 is 0 Å². The van der Waals surface area contributed by atoms with Crippen LogP contribution in [0.15, 0.2) is 54.2 Å². The molecule has 0 aliphatic rings. The number of hydrogen-bond donors (Lipinski definition) is 3. The lowest BCUT2D eigenvalue weighted by atomic mass is 10.1. The van der Waals surface area contributed by atoms with Crippen LogP contribution in [-0.2, 0) is 6.42 Å². The van der Waals surface area contributed by atoms with Crippen molar-refractivity contribution in [1.82, 2.24) is 0 Å². The predicted molar refractivity (Wildman–Crippen MR) is 101 cm³/mol. The second kappa shape index (κ2) is 9.22. The smallest absolute Gasteiger partial charge is 0.153 e. The van der Waals surface area contributed by atoms with Crippen LogP contribution in [0.4, 0.5) is 5.69 Å². The highest BCUT2D eigenvalue weighted by atomic mass is 35.5. The molecule has 2 aromatic carbocycles. The third-order valence-corrected chi connectivity index (χ3v) is 4.02. The molecule has 132 valence electrons. The van der Waals surface area contributed by atoms with Crippen LogP contribution in [-0.4, -0.2) is 26.5 Å². The standard InChI is InChI=1S/C19H22ClN3O2/c1-24-16-5-3-13(4-6-16)9-15(10-14(22)12-21)23-19-8-7-17(25-2)11-18(19)20/h3-8,10-11,22-23H,9,12,21H2,1-2H3/p+1/b15-10-,22-14?. The Hall–Kier alpha value is -2.34. The molecule has 0 fully saturated rings. The first-order valence-corrected chi connectivity index (χ1v) is 8.22. The van der Waals surface area contributed by atoms with Gasteiger partial charge in [0.1, 0.15) is 22.2 Å². The Bertz CT molecular complexity index is 758. The zero-order chi connectivity index (χ0) is 18.2. The molecule has 0 atom stereocenters. The van der Waals surface area contributed by atoms with Gasteiger partial charge >= 0.3 is 0 Å². The van der Waals surface area contributed by atoms with Crippen molar-refractivity contribution in [3.05, 3.63) is 64.8 Å². The van der Waals surface area contributed by atoms with E-state index in [1.54, 1.807) is 26.4 Å². The molecule has 2 rings (SSSR count). The van der Waals surface area contributed by atoms with Crippen molar-refractivity contribution < 1.29 is 14.8 Å². The van der Waals surface area contributed by atoms with E-state index in [9.17, 15) is 0 Å². The van der Waals surface area contributed by atoms with Gasteiger partial charge in [0.25, 0.3) is 0 Å². The normalized spacial score (nSPS) is 11.3. The quantitative estimate of drug-likeness (QED) is 0.499. The molecule has 0 spiro atoms. The number of hydrogen-bond acceptors (Lipinski definition) is 4. The van der Waals surface area contributed by atoms with Crippen LogP contribution in [0.25, 0.3) is 0 Å². The monoisotopic (exact) mass is 360 g/mol. The number of allylic oxidation sites excluding steroid dienone is 1. The number of nitrogens with two attached hydrogens (primary N) is 2. The van der Waals surface area contributed by atoms with Crippen molar-refractivity contribution in [2.75, 3.05) is 20.8 Å². The van der Waals surface area contributed by atoms with Gasteiger partial charge in [0.2, 0.25) is 0 Å². The highest BCUT2D eigenvalue weighted by Gasteiger charge is 2.12. The summed E-state index contributed by atoms with van der Waals surface area (Å²) in [6.07, 6.45) is 2.44. The second-order valence-corrected chi connectivity index (χ2v) is 5.91. The van der Waals surface area contributed by atoms with Gasteiger partial charge in [-0.25, -0.2) is 0 Å². The molecule has 0 saturated heterocycles. The highest BCUT2D eigenvalue weighted by Crippen LogP contribution is 2.23. The first-order valence-electron chi connectivity index (χ1n) is 7.85. The van der Waals surface area contributed by atoms with Crippen LogP contribution < -0.4 is 20.5 Å². The van der Waals surface area contributed by atoms with E-state index in [1.807, 2.05) is 41.7 Å². The number of rotatable bonds is 8. The number of halogens is 1. The zero-order valence-electron chi connectivity index (χ0n) is 14.4. The van der Waals surface area contributed by atoms with Crippen molar-refractivity contribution in [3.63, 3.8) is 0 Å². The molecule has 0 aromatic heterocycles. The molecule has 5 nitrogen and oxygen atoms in total. The van der Waals surface area contributed by atoms with Crippen LogP contribution in [0.5, 0.6) is 11.5 Å². The van der Waals surface area contributed by atoms with Crippen molar-refractivity contribution in [3.8, 4) is 11.5 Å². The summed E-state index contributed by atoms with van der Waals surface area (Å²) < 4.78 is 10.4. The molecule has 0 radical (unpaired) electrons. The Morgan fingerprint density at radius 1 is 1.12 bits per heavy atom. The number of ether oxygens (including phenoxy) is 2. The van der Waals surface area contributed by atoms with Gasteiger partial charge in [0.15, 0.2) is 5.69 Å². The highest BCUT2D eigenvalue weighted by molar-refractivity contribution is 6.32. The number of quaternary nitrogens is 1. The topological polar surface area (TPSA) is 84.9 Å². The third-order valence-electron chi connectivity index (χ3n) is 3.70. The van der Waals surface area contributed by atoms with Crippen LogP contribution >= 0.6 is 11.6 Å². The van der Waals surface area contributed by atoms with Crippen LogP contribution in [0.2, 0.25) is 5.02 Å². The fourth-order valence-electron chi connectivity index (χ4n) is 2.36. The first-order chi connectivity index (χ1) is 12.0. The van der Waals surface area contributed by atoms with Gasteiger partial charge in [-0.1, -0.05) is 23.7 Å². The summed E-state index contributed by atoms with van der Waals surface area (Å²) in [7, 11) is 3.25. The molecule has 0 heterocycles. The van der Waals surface area contributed by atoms with Gasteiger partial charge in [-0.2, -0.15) is 0 Å². The summed E-state index contributed by atoms with van der Waals surface area (Å²) in [5.41, 5.74) is 8.86. The van der Waals surface area contributed by atoms with Crippen LogP contribution in [0, 0.1) is 5.41 Å². The largest absolute Gasteiger partial charge is 0.497 e. The lowest BCUT2D eigenvalue weighted by molar-refractivity contribution is -0.519. The molecule has 5 N–H and O–H groups in total. The molecule has 0 aliphatic heterocycles. The Morgan fingerprint density at radius 3 is 2.32 bits per heavy atom. The van der Waals surface area contributed by atoms with Crippen molar-refractivity contribution >= 4 is 23.0 Å². The minimum atomic E-state index is 0.191. The summed E-state index contributed by atoms with van der Waals surface area (Å²) in [5.74, 6) is 1.52. The molecule has 0 saturated carbocycles. The van der Waals surface area contributed by atoms with Crippen molar-refractivity contribution in [1.29, 1.82) is 5.41 Å². The molecule has 0 aliphatic carbocycles. The van der Waals surface area contributed by atoms with Gasteiger partial charge in [0.05, 0.1) is 19.9 Å². The van der Waals surface area contributed by atoms with Gasteiger partial charge in [-0.05, 0) is 23.8 Å². The number of methoxy groups -OCH3 is 2. The average Bonchev–Trinajstić information content (AvgIpc) is 2.63. The molecule has 25 heavy (non-hydrogen) atoms. The van der Waals surface area contributed by atoms with Gasteiger partial charge in [-0.3, -0.25) is 5.32 Å². The van der Waals surface area contributed by atoms with E-state index in [4.69, 9.17) is 32.2 Å². The predicted octanol–water partition coefficient (Wildman–Crippen LogP) is 2.66. The molecule has 0 amide bonds. The van der Waals surface area contributed by atoms with E-state index in [2.05, 4.69) is 0 Å². The Kier molecular flexibility index (Phi) is 7.01. The maximum Gasteiger partial charge on any atom is 0.153 e. The van der Waals surface area contributed by atoms with E-state index in [0.29, 0.717) is 22.9 Å². The molecule has 0 unspecified atom stereocenters. The molecular weight excluding hydrogens is 338 g/mol. The Morgan fingerprint density at radius 2 is 1.76 bits per heavy atom. The fraction of sp³-hybridized carbons (Fsp3) is 0.211. The summed E-state index contributed by atoms with van der Waals surface area (Å²) in [6, 6.07) is 13.4. The van der Waals surface area contributed by atoms with Gasteiger partial charge in [0, 0.05) is 31.2 Å². The van der Waals surface area contributed by atoms with Crippen LogP contribution in [0.3, 0.4) is 0 Å². The SMILES string of the molecule is COc1ccc(C/C(=C/C(=N)CN)[NH2+]c2ccc(OC)cc2Cl)cc1. The van der Waals surface area contributed by atoms with Crippen LogP contribution in [0.1, 0.15) is 5.56 Å².